The molecular formula is C24H30N4O4. The van der Waals surface area contributed by atoms with Crippen LogP contribution in [0.2, 0.25) is 0 Å². The third-order valence-corrected chi connectivity index (χ3v) is 5.85. The number of nitrogens with zero attached hydrogens (tertiary/aromatic N) is 2. The number of hydrogen-bond acceptors (Lipinski definition) is 4. The zero-order valence-electron chi connectivity index (χ0n) is 18.5. The van der Waals surface area contributed by atoms with Crippen molar-refractivity contribution < 1.29 is 19.5 Å². The van der Waals surface area contributed by atoms with Gasteiger partial charge in [-0.2, -0.15) is 0 Å². The van der Waals surface area contributed by atoms with Crippen LogP contribution < -0.4 is 15.5 Å². The van der Waals surface area contributed by atoms with Gasteiger partial charge in [0.25, 0.3) is 5.91 Å². The number of piperazine rings is 1. The van der Waals surface area contributed by atoms with Crippen molar-refractivity contribution in [3.63, 3.8) is 0 Å². The summed E-state index contributed by atoms with van der Waals surface area (Å²) < 4.78 is 0. The van der Waals surface area contributed by atoms with Crippen molar-refractivity contribution in [2.75, 3.05) is 36.4 Å². The van der Waals surface area contributed by atoms with Gasteiger partial charge in [0, 0.05) is 31.7 Å². The average Bonchev–Trinajstić information content (AvgIpc) is 2.82. The Kier molecular flexibility index (Phi) is 7.70. The predicted octanol–water partition coefficient (Wildman–Crippen LogP) is 3.27. The fourth-order valence-electron chi connectivity index (χ4n) is 3.75. The minimum atomic E-state index is -1.05. The molecule has 1 saturated heterocycles. The smallest absolute Gasteiger partial charge is 0.326 e. The summed E-state index contributed by atoms with van der Waals surface area (Å²) in [6.07, 6.45) is 0.639. The van der Waals surface area contributed by atoms with Gasteiger partial charge in [0.2, 0.25) is 0 Å². The van der Waals surface area contributed by atoms with E-state index >= 15 is 0 Å². The Labute approximate surface area is 188 Å². The van der Waals surface area contributed by atoms with Crippen molar-refractivity contribution in [2.45, 2.75) is 26.3 Å². The number of para-hydroxylation sites is 2. The van der Waals surface area contributed by atoms with E-state index in [4.69, 9.17) is 0 Å². The second-order valence-electron chi connectivity index (χ2n) is 7.96. The van der Waals surface area contributed by atoms with E-state index in [1.54, 1.807) is 13.0 Å². The molecule has 0 aliphatic carbocycles. The number of amides is 3. The number of carboxylic acid groups (broad SMARTS) is 1. The van der Waals surface area contributed by atoms with Crippen LogP contribution in [0.4, 0.5) is 16.2 Å². The highest BCUT2D eigenvalue weighted by molar-refractivity contribution is 5.96. The molecule has 0 aromatic heterocycles. The van der Waals surface area contributed by atoms with Gasteiger partial charge in [-0.25, -0.2) is 9.59 Å². The van der Waals surface area contributed by atoms with Crippen molar-refractivity contribution in [3.8, 4) is 0 Å². The summed E-state index contributed by atoms with van der Waals surface area (Å²) >= 11 is 0. The Morgan fingerprint density at radius 3 is 2.22 bits per heavy atom. The maximum atomic E-state index is 12.7. The molecule has 3 N–H and O–H groups in total. The Hall–Kier alpha value is -3.55. The van der Waals surface area contributed by atoms with Crippen LogP contribution in [0.25, 0.3) is 0 Å². The summed E-state index contributed by atoms with van der Waals surface area (Å²) in [6, 6.07) is 15.1. The maximum absolute atomic E-state index is 12.7. The molecule has 0 radical (unpaired) electrons. The van der Waals surface area contributed by atoms with Crippen LogP contribution in [0, 0.1) is 5.92 Å². The lowest BCUT2D eigenvalue weighted by atomic mass is 9.99. The minimum absolute atomic E-state index is 0.0146. The van der Waals surface area contributed by atoms with Crippen LogP contribution in [-0.2, 0) is 4.79 Å². The van der Waals surface area contributed by atoms with Crippen molar-refractivity contribution in [1.29, 1.82) is 0 Å². The molecule has 0 spiro atoms. The molecule has 32 heavy (non-hydrogen) atoms. The molecule has 3 amide bonds. The number of nitrogens with one attached hydrogen (secondary N) is 2. The summed E-state index contributed by atoms with van der Waals surface area (Å²) in [6.45, 7) is 6.08. The Balaban J connectivity index is 1.64. The van der Waals surface area contributed by atoms with Gasteiger partial charge in [0.15, 0.2) is 0 Å². The lowest BCUT2D eigenvalue weighted by molar-refractivity contribution is -0.140. The molecule has 170 valence electrons. The first-order valence-electron chi connectivity index (χ1n) is 10.9. The summed E-state index contributed by atoms with van der Waals surface area (Å²) in [5.74, 6) is -1.23. The molecule has 2 aromatic rings. The normalized spacial score (nSPS) is 15.6. The minimum Gasteiger partial charge on any atom is -0.480 e. The molecule has 0 bridgehead atoms. The Bertz CT molecular complexity index is 942. The SMILES string of the molecule is CCC(C)C(NC(=O)Nc1ccccc1N1CCN(C(=O)c2ccccc2)CC1)C(=O)O. The van der Waals surface area contributed by atoms with E-state index in [9.17, 15) is 19.5 Å². The fourth-order valence-corrected chi connectivity index (χ4v) is 3.75. The molecule has 0 saturated carbocycles. The molecular weight excluding hydrogens is 408 g/mol. The highest BCUT2D eigenvalue weighted by atomic mass is 16.4. The van der Waals surface area contributed by atoms with E-state index in [1.807, 2.05) is 60.4 Å². The number of carbonyl (C=O) groups excluding carboxylic acids is 2. The Morgan fingerprint density at radius 2 is 1.59 bits per heavy atom. The third kappa shape index (κ3) is 5.57. The highest BCUT2D eigenvalue weighted by Gasteiger charge is 2.27. The predicted molar refractivity (Wildman–Crippen MR) is 124 cm³/mol. The van der Waals surface area contributed by atoms with Gasteiger partial charge in [-0.3, -0.25) is 4.79 Å². The number of benzene rings is 2. The average molecular weight is 439 g/mol. The zero-order valence-corrected chi connectivity index (χ0v) is 18.5. The third-order valence-electron chi connectivity index (χ3n) is 5.85. The van der Waals surface area contributed by atoms with Crippen LogP contribution in [0.3, 0.4) is 0 Å². The second-order valence-corrected chi connectivity index (χ2v) is 7.96. The summed E-state index contributed by atoms with van der Waals surface area (Å²) in [4.78, 5) is 40.7. The molecule has 3 rings (SSSR count). The van der Waals surface area contributed by atoms with E-state index in [0.717, 1.165) is 5.69 Å². The number of carbonyl (C=O) groups is 3. The van der Waals surface area contributed by atoms with E-state index < -0.39 is 18.0 Å². The van der Waals surface area contributed by atoms with E-state index in [-0.39, 0.29) is 11.8 Å². The van der Waals surface area contributed by atoms with E-state index in [0.29, 0.717) is 43.9 Å². The molecule has 2 aromatic carbocycles. The second kappa shape index (κ2) is 10.7. The molecule has 2 atom stereocenters. The number of rotatable bonds is 7. The van der Waals surface area contributed by atoms with Crippen molar-refractivity contribution in [2.24, 2.45) is 5.92 Å². The summed E-state index contributed by atoms with van der Waals surface area (Å²) in [7, 11) is 0. The number of carboxylic acids is 1. The first-order valence-corrected chi connectivity index (χ1v) is 10.9. The largest absolute Gasteiger partial charge is 0.480 e. The van der Waals surface area contributed by atoms with Gasteiger partial charge >= 0.3 is 12.0 Å². The first kappa shape index (κ1) is 23.1. The highest BCUT2D eigenvalue weighted by Crippen LogP contribution is 2.27. The molecule has 1 fully saturated rings. The van der Waals surface area contributed by atoms with Crippen LogP contribution in [0.5, 0.6) is 0 Å². The van der Waals surface area contributed by atoms with Gasteiger partial charge in [-0.05, 0) is 30.2 Å². The number of anilines is 2. The van der Waals surface area contributed by atoms with E-state index in [1.165, 1.54) is 0 Å². The lowest BCUT2D eigenvalue weighted by Gasteiger charge is -2.37. The first-order chi connectivity index (χ1) is 15.4. The Morgan fingerprint density at radius 1 is 0.969 bits per heavy atom. The van der Waals surface area contributed by atoms with Crippen LogP contribution in [0.15, 0.2) is 54.6 Å². The van der Waals surface area contributed by atoms with Crippen molar-refractivity contribution in [3.05, 3.63) is 60.2 Å². The monoisotopic (exact) mass is 438 g/mol. The zero-order chi connectivity index (χ0) is 23.1. The topological polar surface area (TPSA) is 102 Å². The number of hydrogen-bond donors (Lipinski definition) is 3. The van der Waals surface area contributed by atoms with Gasteiger partial charge in [-0.1, -0.05) is 50.6 Å². The van der Waals surface area contributed by atoms with Crippen molar-refractivity contribution in [1.82, 2.24) is 10.2 Å². The molecule has 2 unspecified atom stereocenters. The number of urea groups is 1. The standard InChI is InChI=1S/C24H30N4O4/c1-3-17(2)21(23(30)31)26-24(32)25-19-11-7-8-12-20(19)27-13-15-28(16-14-27)22(29)18-9-5-4-6-10-18/h4-12,17,21H,3,13-16H2,1-2H3,(H,30,31)(H2,25,26,32). The lowest BCUT2D eigenvalue weighted by Crippen LogP contribution is -2.49. The molecule has 8 nitrogen and oxygen atoms in total. The molecule has 1 aliphatic rings. The van der Waals surface area contributed by atoms with E-state index in [2.05, 4.69) is 15.5 Å². The van der Waals surface area contributed by atoms with Gasteiger partial charge in [0.1, 0.15) is 6.04 Å². The summed E-state index contributed by atoms with van der Waals surface area (Å²) in [5, 5.41) is 14.8. The quantitative estimate of drug-likeness (QED) is 0.616. The fraction of sp³-hybridized carbons (Fsp3) is 0.375. The van der Waals surface area contributed by atoms with Gasteiger partial charge in [-0.15, -0.1) is 0 Å². The van der Waals surface area contributed by atoms with Crippen LogP contribution >= 0.6 is 0 Å². The van der Waals surface area contributed by atoms with Crippen LogP contribution in [0.1, 0.15) is 30.6 Å². The van der Waals surface area contributed by atoms with Crippen LogP contribution in [-0.4, -0.2) is 60.1 Å². The number of aliphatic carboxylic acids is 1. The van der Waals surface area contributed by atoms with Crippen molar-refractivity contribution >= 4 is 29.3 Å². The maximum Gasteiger partial charge on any atom is 0.326 e. The summed E-state index contributed by atoms with van der Waals surface area (Å²) in [5.41, 5.74) is 2.11. The molecule has 8 heteroatoms. The van der Waals surface area contributed by atoms with Gasteiger partial charge in [0.05, 0.1) is 11.4 Å². The van der Waals surface area contributed by atoms with Gasteiger partial charge < -0.3 is 25.5 Å². The molecule has 1 aliphatic heterocycles. The molecule has 1 heterocycles.